The largest absolute Gasteiger partial charge is 0.489 e. The molecular weight excluding hydrogens is 336 g/mol. The number of amides is 1. The molecule has 0 aromatic heterocycles. The van der Waals surface area contributed by atoms with Gasteiger partial charge in [0.2, 0.25) is 5.91 Å². The number of benzene rings is 2. The lowest BCUT2D eigenvalue weighted by Crippen LogP contribution is -2.31. The second kappa shape index (κ2) is 8.37. The average molecular weight is 359 g/mol. The third-order valence-corrected chi connectivity index (χ3v) is 4.72. The highest BCUT2D eigenvalue weighted by molar-refractivity contribution is 6.30. The van der Waals surface area contributed by atoms with Crippen LogP contribution in [0.3, 0.4) is 0 Å². The van der Waals surface area contributed by atoms with E-state index in [1.54, 1.807) is 0 Å². The van der Waals surface area contributed by atoms with Gasteiger partial charge in [-0.1, -0.05) is 35.9 Å². The Morgan fingerprint density at radius 3 is 2.48 bits per heavy atom. The molecule has 1 N–H and O–H groups in total. The summed E-state index contributed by atoms with van der Waals surface area (Å²) >= 11 is 5.87. The molecule has 5 heteroatoms. The minimum absolute atomic E-state index is 0.118. The van der Waals surface area contributed by atoms with E-state index in [2.05, 4.69) is 17.3 Å². The van der Waals surface area contributed by atoms with Gasteiger partial charge in [-0.2, -0.15) is 0 Å². The van der Waals surface area contributed by atoms with Crippen LogP contribution in [0.5, 0.6) is 5.75 Å². The first-order chi connectivity index (χ1) is 12.1. The molecule has 132 valence electrons. The first kappa shape index (κ1) is 17.8. The highest BCUT2D eigenvalue weighted by Gasteiger charge is 2.25. The van der Waals surface area contributed by atoms with Crippen molar-refractivity contribution in [3.63, 3.8) is 0 Å². The number of nitrogens with one attached hydrogen (secondary N) is 1. The van der Waals surface area contributed by atoms with E-state index in [1.165, 1.54) is 0 Å². The number of nitrogens with zero attached hydrogens (tertiary/aromatic N) is 1. The van der Waals surface area contributed by atoms with Crippen LogP contribution < -0.4 is 10.1 Å². The van der Waals surface area contributed by atoms with Crippen molar-refractivity contribution >= 4 is 17.5 Å². The maximum Gasteiger partial charge on any atom is 0.224 e. The molecule has 2 aromatic rings. The summed E-state index contributed by atoms with van der Waals surface area (Å²) in [5.41, 5.74) is 2.14. The molecule has 1 atom stereocenters. The fourth-order valence-corrected chi connectivity index (χ4v) is 3.06. The number of hydrogen-bond donors (Lipinski definition) is 1. The van der Waals surface area contributed by atoms with E-state index in [4.69, 9.17) is 16.3 Å². The van der Waals surface area contributed by atoms with E-state index in [9.17, 15) is 4.79 Å². The van der Waals surface area contributed by atoms with Gasteiger partial charge in [0.15, 0.2) is 0 Å². The summed E-state index contributed by atoms with van der Waals surface area (Å²) in [6.07, 6.45) is 0.944. The Morgan fingerprint density at radius 1 is 1.16 bits per heavy atom. The highest BCUT2D eigenvalue weighted by Crippen LogP contribution is 2.17. The Labute approximate surface area is 153 Å². The first-order valence-corrected chi connectivity index (χ1v) is 8.90. The third-order valence-electron chi connectivity index (χ3n) is 4.47. The van der Waals surface area contributed by atoms with E-state index >= 15 is 0 Å². The summed E-state index contributed by atoms with van der Waals surface area (Å²) in [4.78, 5) is 14.3. The number of carbonyl (C=O) groups is 1. The number of hydrogen-bond acceptors (Lipinski definition) is 3. The molecule has 0 bridgehead atoms. The zero-order valence-corrected chi connectivity index (χ0v) is 15.1. The molecule has 25 heavy (non-hydrogen) atoms. The fourth-order valence-electron chi connectivity index (χ4n) is 2.93. The standard InChI is InChI=1S/C20H23ClN2O2/c1-23-11-10-17(13-23)20(24)22-12-15-4-8-19(9-5-15)25-14-16-2-6-18(21)7-3-16/h2-9,17H,10-14H2,1H3,(H,22,24)/t17-/m1/s1. The monoisotopic (exact) mass is 358 g/mol. The van der Waals surface area contributed by atoms with Gasteiger partial charge in [0, 0.05) is 18.1 Å². The summed E-state index contributed by atoms with van der Waals surface area (Å²) in [6.45, 7) is 2.90. The minimum Gasteiger partial charge on any atom is -0.489 e. The zero-order valence-electron chi connectivity index (χ0n) is 14.4. The molecule has 0 saturated carbocycles. The van der Waals surface area contributed by atoms with Gasteiger partial charge < -0.3 is 15.0 Å². The van der Waals surface area contributed by atoms with Crippen molar-refractivity contribution in [2.24, 2.45) is 5.92 Å². The van der Waals surface area contributed by atoms with Gasteiger partial charge >= 0.3 is 0 Å². The third kappa shape index (κ3) is 5.21. The van der Waals surface area contributed by atoms with Gasteiger partial charge in [-0.05, 0) is 55.4 Å². The summed E-state index contributed by atoms with van der Waals surface area (Å²) in [5.74, 6) is 1.07. The van der Waals surface area contributed by atoms with E-state index in [1.807, 2.05) is 48.5 Å². The maximum atomic E-state index is 12.1. The Morgan fingerprint density at radius 2 is 1.84 bits per heavy atom. The molecule has 0 radical (unpaired) electrons. The van der Waals surface area contributed by atoms with Gasteiger partial charge in [-0.25, -0.2) is 0 Å². The molecule has 1 aliphatic heterocycles. The van der Waals surface area contributed by atoms with Crippen LogP contribution in [-0.2, 0) is 17.9 Å². The van der Waals surface area contributed by atoms with Crippen LogP contribution in [0.25, 0.3) is 0 Å². The van der Waals surface area contributed by atoms with Crippen LogP contribution in [0, 0.1) is 5.92 Å². The SMILES string of the molecule is CN1CC[C@@H](C(=O)NCc2ccc(OCc3ccc(Cl)cc3)cc2)C1. The Hall–Kier alpha value is -2.04. The van der Waals surface area contributed by atoms with Crippen molar-refractivity contribution in [3.05, 3.63) is 64.7 Å². The summed E-state index contributed by atoms with van der Waals surface area (Å²) in [6, 6.07) is 15.4. The second-order valence-electron chi connectivity index (χ2n) is 6.52. The maximum absolute atomic E-state index is 12.1. The van der Waals surface area contributed by atoms with Crippen LogP contribution >= 0.6 is 11.6 Å². The van der Waals surface area contributed by atoms with Crippen LogP contribution in [0.15, 0.2) is 48.5 Å². The van der Waals surface area contributed by atoms with Crippen LogP contribution in [-0.4, -0.2) is 30.9 Å². The summed E-state index contributed by atoms with van der Waals surface area (Å²) < 4.78 is 5.77. The quantitative estimate of drug-likeness (QED) is 0.859. The van der Waals surface area contributed by atoms with Crippen molar-refractivity contribution in [2.75, 3.05) is 20.1 Å². The highest BCUT2D eigenvalue weighted by atomic mass is 35.5. The number of likely N-dealkylation sites (tertiary alicyclic amines) is 1. The van der Waals surface area contributed by atoms with Crippen molar-refractivity contribution in [1.29, 1.82) is 0 Å². The lowest BCUT2D eigenvalue weighted by atomic mass is 10.1. The molecule has 0 spiro atoms. The van der Waals surface area contributed by atoms with Crippen molar-refractivity contribution < 1.29 is 9.53 Å². The predicted molar refractivity (Wildman–Crippen MR) is 99.7 cm³/mol. The van der Waals surface area contributed by atoms with Gasteiger partial charge in [0.05, 0.1) is 5.92 Å². The van der Waals surface area contributed by atoms with Gasteiger partial charge in [-0.15, -0.1) is 0 Å². The van der Waals surface area contributed by atoms with Crippen LogP contribution in [0.4, 0.5) is 0 Å². The molecule has 0 unspecified atom stereocenters. The van der Waals surface area contributed by atoms with Crippen molar-refractivity contribution in [1.82, 2.24) is 10.2 Å². The van der Waals surface area contributed by atoms with Crippen LogP contribution in [0.1, 0.15) is 17.5 Å². The molecule has 4 nitrogen and oxygen atoms in total. The topological polar surface area (TPSA) is 41.6 Å². The fraction of sp³-hybridized carbons (Fsp3) is 0.350. The lowest BCUT2D eigenvalue weighted by molar-refractivity contribution is -0.124. The Kier molecular flexibility index (Phi) is 5.95. The predicted octanol–water partition coefficient (Wildman–Crippen LogP) is 3.49. The van der Waals surface area contributed by atoms with Crippen molar-refractivity contribution in [3.8, 4) is 5.75 Å². The summed E-state index contributed by atoms with van der Waals surface area (Å²) in [5, 5.41) is 3.75. The number of rotatable bonds is 6. The average Bonchev–Trinajstić information content (AvgIpc) is 3.07. The molecule has 0 aliphatic carbocycles. The Balaban J connectivity index is 1.45. The molecule has 1 saturated heterocycles. The van der Waals surface area contributed by atoms with Gasteiger partial charge in [0.25, 0.3) is 0 Å². The lowest BCUT2D eigenvalue weighted by Gasteiger charge is -2.12. The molecule has 1 amide bonds. The molecule has 2 aromatic carbocycles. The molecule has 1 aliphatic rings. The smallest absolute Gasteiger partial charge is 0.224 e. The molecular formula is C20H23ClN2O2. The normalized spacial score (nSPS) is 17.4. The Bertz CT molecular complexity index is 701. The van der Waals surface area contributed by atoms with Crippen molar-refractivity contribution in [2.45, 2.75) is 19.6 Å². The van der Waals surface area contributed by atoms with E-state index in [0.717, 1.165) is 41.4 Å². The summed E-state index contributed by atoms with van der Waals surface area (Å²) in [7, 11) is 2.05. The first-order valence-electron chi connectivity index (χ1n) is 8.52. The van der Waals surface area contributed by atoms with E-state index in [0.29, 0.717) is 13.2 Å². The van der Waals surface area contributed by atoms with Crippen LogP contribution in [0.2, 0.25) is 5.02 Å². The van der Waals surface area contributed by atoms with Gasteiger partial charge in [-0.3, -0.25) is 4.79 Å². The second-order valence-corrected chi connectivity index (χ2v) is 6.96. The molecule has 1 heterocycles. The zero-order chi connectivity index (χ0) is 17.6. The number of ether oxygens (including phenoxy) is 1. The van der Waals surface area contributed by atoms with E-state index in [-0.39, 0.29) is 11.8 Å². The number of carbonyl (C=O) groups excluding carboxylic acids is 1. The molecule has 3 rings (SSSR count). The minimum atomic E-state index is 0.118. The van der Waals surface area contributed by atoms with E-state index < -0.39 is 0 Å². The number of halogens is 1. The molecule has 1 fully saturated rings. The van der Waals surface area contributed by atoms with Gasteiger partial charge in [0.1, 0.15) is 12.4 Å².